The van der Waals surface area contributed by atoms with Gasteiger partial charge in [0.25, 0.3) is 0 Å². The van der Waals surface area contributed by atoms with Gasteiger partial charge in [0.2, 0.25) is 5.91 Å². The number of imidazole rings is 1. The van der Waals surface area contributed by atoms with Crippen LogP contribution in [0.5, 0.6) is 0 Å². The summed E-state index contributed by atoms with van der Waals surface area (Å²) in [6.07, 6.45) is 3.54. The smallest absolute Gasteiger partial charge is 0.233 e. The fourth-order valence-corrected chi connectivity index (χ4v) is 3.41. The molecule has 1 aliphatic heterocycles. The Morgan fingerprint density at radius 3 is 3.31 bits per heavy atom. The first-order valence-electron chi connectivity index (χ1n) is 5.31. The average Bonchev–Trinajstić information content (AvgIpc) is 2.89. The Hall–Kier alpha value is -0.620. The maximum absolute atomic E-state index is 11.7. The van der Waals surface area contributed by atoms with Gasteiger partial charge in [0, 0.05) is 24.7 Å². The number of carbonyl (C=O) groups is 1. The number of rotatable bonds is 5. The number of nitrogens with one attached hydrogen (secondary N) is 1. The van der Waals surface area contributed by atoms with Crippen molar-refractivity contribution >= 4 is 29.4 Å². The molecule has 1 atom stereocenters. The van der Waals surface area contributed by atoms with Crippen molar-refractivity contribution in [2.24, 2.45) is 0 Å². The van der Waals surface area contributed by atoms with E-state index in [4.69, 9.17) is 0 Å². The molecule has 1 amide bonds. The normalized spacial score (nSPS) is 20.7. The van der Waals surface area contributed by atoms with E-state index in [2.05, 4.69) is 16.9 Å². The van der Waals surface area contributed by atoms with Gasteiger partial charge in [-0.05, 0) is 5.75 Å². The number of thioether (sulfide) groups is 2. The Kier molecular flexibility index (Phi) is 4.17. The lowest BCUT2D eigenvalue weighted by molar-refractivity contribution is -0.127. The Bertz CT molecular complexity index is 342. The van der Waals surface area contributed by atoms with Crippen LogP contribution in [-0.4, -0.2) is 44.6 Å². The van der Waals surface area contributed by atoms with E-state index in [0.717, 1.165) is 23.9 Å². The first-order chi connectivity index (χ1) is 7.83. The third-order valence-corrected chi connectivity index (χ3v) is 4.49. The summed E-state index contributed by atoms with van der Waals surface area (Å²) in [4.78, 5) is 21.0. The second-order valence-electron chi connectivity index (χ2n) is 3.42. The van der Waals surface area contributed by atoms with Crippen molar-refractivity contribution in [1.29, 1.82) is 0 Å². The lowest BCUT2D eigenvalue weighted by Gasteiger charge is -2.21. The minimum absolute atomic E-state index is 0.0833. The van der Waals surface area contributed by atoms with Crippen molar-refractivity contribution < 1.29 is 4.79 Å². The van der Waals surface area contributed by atoms with Crippen molar-refractivity contribution in [2.75, 3.05) is 23.8 Å². The van der Waals surface area contributed by atoms with Crippen molar-refractivity contribution in [3.63, 3.8) is 0 Å². The molecule has 0 spiro atoms. The second kappa shape index (κ2) is 5.63. The van der Waals surface area contributed by atoms with Gasteiger partial charge in [-0.3, -0.25) is 4.79 Å². The van der Waals surface area contributed by atoms with E-state index in [1.807, 2.05) is 16.7 Å². The van der Waals surface area contributed by atoms with E-state index >= 15 is 0 Å². The maximum Gasteiger partial charge on any atom is 0.233 e. The van der Waals surface area contributed by atoms with Crippen LogP contribution >= 0.6 is 23.5 Å². The van der Waals surface area contributed by atoms with Gasteiger partial charge in [0.15, 0.2) is 0 Å². The summed E-state index contributed by atoms with van der Waals surface area (Å²) in [5.74, 6) is 3.78. The summed E-state index contributed by atoms with van der Waals surface area (Å²) in [6, 6.07) is 0. The molecule has 0 aromatic carbocycles. The molecule has 0 radical (unpaired) electrons. The first-order valence-corrected chi connectivity index (χ1v) is 7.51. The van der Waals surface area contributed by atoms with Crippen LogP contribution in [0.4, 0.5) is 0 Å². The van der Waals surface area contributed by atoms with Gasteiger partial charge in [0.1, 0.15) is 11.2 Å². The minimum Gasteiger partial charge on any atom is -0.346 e. The average molecular weight is 257 g/mol. The molecule has 2 heterocycles. The molecule has 1 unspecified atom stereocenters. The van der Waals surface area contributed by atoms with Crippen LogP contribution in [0.15, 0.2) is 12.4 Å². The van der Waals surface area contributed by atoms with Crippen molar-refractivity contribution in [3.8, 4) is 0 Å². The fraction of sp³-hybridized carbons (Fsp3) is 0.600. The summed E-state index contributed by atoms with van der Waals surface area (Å²) >= 11 is 3.51. The molecule has 1 fully saturated rings. The lowest BCUT2D eigenvalue weighted by Crippen LogP contribution is -2.30. The van der Waals surface area contributed by atoms with Gasteiger partial charge in [-0.1, -0.05) is 6.92 Å². The zero-order valence-electron chi connectivity index (χ0n) is 9.18. The molecule has 1 N–H and O–H groups in total. The zero-order chi connectivity index (χ0) is 11.4. The predicted molar refractivity (Wildman–Crippen MR) is 68.5 cm³/mol. The highest BCUT2D eigenvalue weighted by molar-refractivity contribution is 8.00. The number of nitrogens with zero attached hydrogens (tertiary/aromatic N) is 2. The standard InChI is InChI=1S/C10H15N3OS2/c1-2-15-6-5-13-8(14)7-16-10(13)9-11-3-4-12-9/h3-4,10H,2,5-7H2,1H3,(H,11,12). The molecular weight excluding hydrogens is 242 g/mol. The molecule has 1 aromatic rings. The van der Waals surface area contributed by atoms with Crippen LogP contribution in [0.1, 0.15) is 18.1 Å². The molecule has 1 aliphatic rings. The molecule has 0 bridgehead atoms. The van der Waals surface area contributed by atoms with Crippen molar-refractivity contribution in [2.45, 2.75) is 12.3 Å². The van der Waals surface area contributed by atoms with E-state index < -0.39 is 0 Å². The summed E-state index contributed by atoms with van der Waals surface area (Å²) < 4.78 is 0. The van der Waals surface area contributed by atoms with Gasteiger partial charge in [-0.15, -0.1) is 11.8 Å². The Balaban J connectivity index is 1.99. The fourth-order valence-electron chi connectivity index (χ4n) is 1.64. The predicted octanol–water partition coefficient (Wildman–Crippen LogP) is 1.74. The first kappa shape index (κ1) is 11.9. The van der Waals surface area contributed by atoms with Crippen LogP contribution in [0.3, 0.4) is 0 Å². The van der Waals surface area contributed by atoms with Gasteiger partial charge in [-0.2, -0.15) is 11.8 Å². The van der Waals surface area contributed by atoms with Crippen LogP contribution < -0.4 is 0 Å². The van der Waals surface area contributed by atoms with E-state index in [9.17, 15) is 4.79 Å². The summed E-state index contributed by atoms with van der Waals surface area (Å²) in [5.41, 5.74) is 0. The topological polar surface area (TPSA) is 49.0 Å². The number of aromatic amines is 1. The largest absolute Gasteiger partial charge is 0.346 e. The Labute approximate surface area is 104 Å². The maximum atomic E-state index is 11.7. The number of aromatic nitrogens is 2. The molecule has 88 valence electrons. The second-order valence-corrected chi connectivity index (χ2v) is 5.88. The monoisotopic (exact) mass is 257 g/mol. The van der Waals surface area contributed by atoms with Crippen molar-refractivity contribution in [1.82, 2.24) is 14.9 Å². The van der Waals surface area contributed by atoms with Gasteiger partial charge in [0.05, 0.1) is 5.75 Å². The lowest BCUT2D eigenvalue weighted by atomic mass is 10.4. The van der Waals surface area contributed by atoms with E-state index in [1.54, 1.807) is 24.2 Å². The zero-order valence-corrected chi connectivity index (χ0v) is 10.8. The molecule has 2 rings (SSSR count). The van der Waals surface area contributed by atoms with E-state index in [1.165, 1.54) is 0 Å². The number of hydrogen-bond donors (Lipinski definition) is 1. The number of carbonyl (C=O) groups excluding carboxylic acids is 1. The minimum atomic E-state index is 0.0833. The highest BCUT2D eigenvalue weighted by atomic mass is 32.2. The Morgan fingerprint density at radius 2 is 2.62 bits per heavy atom. The molecule has 1 aromatic heterocycles. The number of hydrogen-bond acceptors (Lipinski definition) is 4. The molecule has 6 heteroatoms. The van der Waals surface area contributed by atoms with Crippen LogP contribution in [-0.2, 0) is 4.79 Å². The third-order valence-electron chi connectivity index (χ3n) is 2.40. The van der Waals surface area contributed by atoms with Gasteiger partial charge in [-0.25, -0.2) is 4.98 Å². The molecule has 0 saturated carbocycles. The van der Waals surface area contributed by atoms with Crippen LogP contribution in [0, 0.1) is 0 Å². The molecule has 16 heavy (non-hydrogen) atoms. The molecule has 0 aliphatic carbocycles. The number of H-pyrrole nitrogens is 1. The molecule has 1 saturated heterocycles. The summed E-state index contributed by atoms with van der Waals surface area (Å²) in [5, 5.41) is 0.0833. The third kappa shape index (κ3) is 2.55. The highest BCUT2D eigenvalue weighted by Gasteiger charge is 2.33. The van der Waals surface area contributed by atoms with Crippen LogP contribution in [0.2, 0.25) is 0 Å². The van der Waals surface area contributed by atoms with Crippen molar-refractivity contribution in [3.05, 3.63) is 18.2 Å². The SMILES string of the molecule is CCSCCN1C(=O)CSC1c1ncc[nH]1. The molecule has 4 nitrogen and oxygen atoms in total. The van der Waals surface area contributed by atoms with Crippen LogP contribution in [0.25, 0.3) is 0 Å². The van der Waals surface area contributed by atoms with Gasteiger partial charge < -0.3 is 9.88 Å². The summed E-state index contributed by atoms with van der Waals surface area (Å²) in [6.45, 7) is 2.95. The van der Waals surface area contributed by atoms with E-state index in [0.29, 0.717) is 5.75 Å². The summed E-state index contributed by atoms with van der Waals surface area (Å²) in [7, 11) is 0. The molecular formula is C10H15N3OS2. The number of amides is 1. The highest BCUT2D eigenvalue weighted by Crippen LogP contribution is 2.36. The quantitative estimate of drug-likeness (QED) is 0.816. The van der Waals surface area contributed by atoms with E-state index in [-0.39, 0.29) is 11.3 Å². The Morgan fingerprint density at radius 1 is 1.75 bits per heavy atom. The van der Waals surface area contributed by atoms with Gasteiger partial charge >= 0.3 is 0 Å².